The van der Waals surface area contributed by atoms with Crippen LogP contribution < -0.4 is 11.2 Å². The molecule has 0 saturated carbocycles. The lowest BCUT2D eigenvalue weighted by atomic mass is 10.0. The Hall–Kier alpha value is -4.11. The van der Waals surface area contributed by atoms with Gasteiger partial charge in [0.15, 0.2) is 0 Å². The first kappa shape index (κ1) is 26.0. The van der Waals surface area contributed by atoms with Crippen molar-refractivity contribution in [1.82, 2.24) is 9.88 Å². The lowest BCUT2D eigenvalue weighted by molar-refractivity contribution is -0.750. The molecule has 8 nitrogen and oxygen atoms in total. The van der Waals surface area contributed by atoms with Gasteiger partial charge in [-0.2, -0.15) is 24.0 Å². The predicted molar refractivity (Wildman–Crippen MR) is 135 cm³/mol. The summed E-state index contributed by atoms with van der Waals surface area (Å²) in [6.07, 6.45) is 1.27. The Morgan fingerprint density at radius 1 is 1.27 bits per heavy atom. The van der Waals surface area contributed by atoms with Gasteiger partial charge in [0, 0.05) is 6.20 Å². The first-order chi connectivity index (χ1) is 17.6. The van der Waals surface area contributed by atoms with Gasteiger partial charge in [-0.3, -0.25) is 14.7 Å². The van der Waals surface area contributed by atoms with E-state index in [4.69, 9.17) is 10.8 Å². The molecular formula is C26H25F3N7O+. The second-order valence-corrected chi connectivity index (χ2v) is 8.50. The van der Waals surface area contributed by atoms with Gasteiger partial charge in [-0.1, -0.05) is 18.1 Å². The van der Waals surface area contributed by atoms with Crippen LogP contribution in [-0.2, 0) is 6.18 Å². The van der Waals surface area contributed by atoms with Crippen LogP contribution in [0.4, 0.5) is 19.0 Å². The number of likely N-dealkylation sites (N-methyl/N-ethyl adjacent to an activating group) is 1. The Morgan fingerprint density at radius 2 is 2.03 bits per heavy atom. The summed E-state index contributed by atoms with van der Waals surface area (Å²) in [6.45, 7) is 4.25. The van der Waals surface area contributed by atoms with E-state index in [2.05, 4.69) is 27.1 Å². The molecule has 0 bridgehead atoms. The summed E-state index contributed by atoms with van der Waals surface area (Å²) in [6, 6.07) is 8.07. The molecule has 0 fully saturated rings. The highest BCUT2D eigenvalue weighted by Crippen LogP contribution is 2.35. The van der Waals surface area contributed by atoms with Crippen molar-refractivity contribution >= 4 is 23.8 Å². The third kappa shape index (κ3) is 5.08. The van der Waals surface area contributed by atoms with Gasteiger partial charge in [0.25, 0.3) is 11.7 Å². The SMILES string of the molecule is CC#CCN(C)C(C)C1=C2C=NC=C[N+]2(N)C(c2ccccc2C(=O)Nc2cc(C(F)(F)F)ccn2)=N1. The van der Waals surface area contributed by atoms with Gasteiger partial charge >= 0.3 is 6.18 Å². The Labute approximate surface area is 212 Å². The fourth-order valence-corrected chi connectivity index (χ4v) is 3.98. The molecule has 1 aromatic carbocycles. The Balaban J connectivity index is 1.72. The number of amidine groups is 1. The average Bonchev–Trinajstić information content (AvgIpc) is 3.19. The van der Waals surface area contributed by atoms with E-state index < -0.39 is 17.6 Å². The number of hydrogen-bond acceptors (Lipinski definition) is 6. The minimum atomic E-state index is -4.57. The van der Waals surface area contributed by atoms with Crippen LogP contribution in [0.15, 0.2) is 76.4 Å². The van der Waals surface area contributed by atoms with Gasteiger partial charge in [0.05, 0.1) is 41.7 Å². The fourth-order valence-electron chi connectivity index (χ4n) is 3.98. The van der Waals surface area contributed by atoms with Crippen LogP contribution in [0.5, 0.6) is 0 Å². The van der Waals surface area contributed by atoms with Crippen LogP contribution in [0.1, 0.15) is 35.3 Å². The molecule has 2 unspecified atom stereocenters. The maximum atomic E-state index is 13.2. The summed E-state index contributed by atoms with van der Waals surface area (Å²) in [7, 11) is 1.92. The smallest absolute Gasteiger partial charge is 0.307 e. The number of amides is 1. The van der Waals surface area contributed by atoms with E-state index in [-0.39, 0.29) is 22.0 Å². The van der Waals surface area contributed by atoms with Gasteiger partial charge in [-0.15, -0.1) is 10.5 Å². The summed E-state index contributed by atoms with van der Waals surface area (Å²) >= 11 is 0. The number of carbonyl (C=O) groups excluding carboxylic acids is 1. The van der Waals surface area contributed by atoms with Crippen molar-refractivity contribution in [2.24, 2.45) is 15.8 Å². The first-order valence-electron chi connectivity index (χ1n) is 11.3. The van der Waals surface area contributed by atoms with Crippen molar-refractivity contribution in [3.05, 3.63) is 83.1 Å². The van der Waals surface area contributed by atoms with E-state index in [0.29, 0.717) is 29.3 Å². The maximum absolute atomic E-state index is 13.2. The second-order valence-electron chi connectivity index (χ2n) is 8.50. The lowest BCUT2D eigenvalue weighted by Crippen LogP contribution is -2.53. The molecule has 3 N–H and O–H groups in total. The van der Waals surface area contributed by atoms with Crippen molar-refractivity contribution in [3.63, 3.8) is 0 Å². The molecule has 2 aliphatic heterocycles. The number of alkyl halides is 3. The molecule has 11 heteroatoms. The molecular weight excluding hydrogens is 483 g/mol. The highest BCUT2D eigenvalue weighted by molar-refractivity contribution is 6.13. The number of rotatable bonds is 6. The van der Waals surface area contributed by atoms with Crippen molar-refractivity contribution in [2.45, 2.75) is 26.1 Å². The van der Waals surface area contributed by atoms with Gasteiger partial charge < -0.3 is 5.32 Å². The summed E-state index contributed by atoms with van der Waals surface area (Å²) in [5.41, 5.74) is 0.986. The monoisotopic (exact) mass is 508 g/mol. The lowest BCUT2D eigenvalue weighted by Gasteiger charge is -2.28. The fraction of sp³-hybridized carbons (Fsp3) is 0.231. The molecule has 0 spiro atoms. The minimum absolute atomic E-state index is 0.178. The Morgan fingerprint density at radius 3 is 2.76 bits per heavy atom. The zero-order valence-corrected chi connectivity index (χ0v) is 20.4. The topological polar surface area (TPSA) is 96.0 Å². The molecule has 2 atom stereocenters. The number of aliphatic imine (C=N–C) groups is 2. The molecule has 1 amide bonds. The van der Waals surface area contributed by atoms with E-state index in [1.807, 2.05) is 18.9 Å². The minimum Gasteiger partial charge on any atom is -0.307 e. The largest absolute Gasteiger partial charge is 0.416 e. The number of fused-ring (bicyclic) bond motifs is 1. The van der Waals surface area contributed by atoms with Crippen LogP contribution in [0.2, 0.25) is 0 Å². The number of halogens is 3. The molecule has 2 aliphatic rings. The van der Waals surface area contributed by atoms with E-state index in [9.17, 15) is 18.0 Å². The van der Waals surface area contributed by atoms with Crippen molar-refractivity contribution in [1.29, 1.82) is 0 Å². The Bertz CT molecular complexity index is 1410. The molecule has 4 rings (SSSR count). The standard InChI is InChI=1S/C26H24F3N7O/c1-4-5-13-35(3)17(2)23-21-16-31-12-14-36(21,30)24(34-23)19-8-6-7-9-20(19)25(37)33-22-15-18(10-11-32-22)26(27,28)29/h6-12,14-17H,13,30H2,1-3H3/p+1. The molecule has 0 aliphatic carbocycles. The van der Waals surface area contributed by atoms with Crippen molar-refractivity contribution in [3.8, 4) is 11.8 Å². The number of quaternary nitrogens is 1. The number of hydrogen-bond donors (Lipinski definition) is 2. The number of allylic oxidation sites excluding steroid dienone is 1. The molecule has 37 heavy (non-hydrogen) atoms. The second kappa shape index (κ2) is 10.1. The number of nitrogens with one attached hydrogen (secondary N) is 1. The third-order valence-electron chi connectivity index (χ3n) is 6.13. The normalized spacial score (nSPS) is 19.3. The van der Waals surface area contributed by atoms with E-state index in [1.54, 1.807) is 49.8 Å². The van der Waals surface area contributed by atoms with Crippen LogP contribution >= 0.6 is 0 Å². The van der Waals surface area contributed by atoms with E-state index in [0.717, 1.165) is 18.3 Å². The van der Waals surface area contributed by atoms with Crippen LogP contribution in [-0.4, -0.2) is 52.1 Å². The number of nitrogens with two attached hydrogens (primary N) is 1. The number of nitrogens with zero attached hydrogens (tertiary/aromatic N) is 5. The molecule has 2 aromatic rings. The van der Waals surface area contributed by atoms with Gasteiger partial charge in [0.2, 0.25) is 5.70 Å². The number of carbonyl (C=O) groups is 1. The van der Waals surface area contributed by atoms with Crippen molar-refractivity contribution in [2.75, 3.05) is 18.9 Å². The maximum Gasteiger partial charge on any atom is 0.416 e. The molecule has 190 valence electrons. The van der Waals surface area contributed by atoms with Crippen LogP contribution in [0, 0.1) is 11.8 Å². The van der Waals surface area contributed by atoms with Gasteiger partial charge in [-0.05, 0) is 45.2 Å². The Kier molecular flexibility index (Phi) is 7.09. The summed E-state index contributed by atoms with van der Waals surface area (Å²) < 4.78 is 39.0. The van der Waals surface area contributed by atoms with Crippen LogP contribution in [0.25, 0.3) is 0 Å². The number of aromatic nitrogens is 1. The number of pyridine rings is 1. The highest BCUT2D eigenvalue weighted by atomic mass is 19.4. The van der Waals surface area contributed by atoms with Gasteiger partial charge in [-0.25, -0.2) is 4.98 Å². The first-order valence-corrected chi connectivity index (χ1v) is 11.3. The summed E-state index contributed by atoms with van der Waals surface area (Å²) in [4.78, 5) is 28.2. The molecule has 3 heterocycles. The number of benzene rings is 1. The zero-order chi connectivity index (χ0) is 26.8. The van der Waals surface area contributed by atoms with E-state index >= 15 is 0 Å². The predicted octanol–water partition coefficient (Wildman–Crippen LogP) is 3.91. The van der Waals surface area contributed by atoms with E-state index in [1.165, 1.54) is 0 Å². The van der Waals surface area contributed by atoms with Gasteiger partial charge in [0.1, 0.15) is 17.7 Å². The third-order valence-corrected chi connectivity index (χ3v) is 6.13. The summed E-state index contributed by atoms with van der Waals surface area (Å²) in [5, 5.41) is 2.46. The highest BCUT2D eigenvalue weighted by Gasteiger charge is 2.46. The average molecular weight is 509 g/mol. The summed E-state index contributed by atoms with van der Waals surface area (Å²) in [5.74, 6) is 12.2. The molecule has 0 saturated heterocycles. The quantitative estimate of drug-likeness (QED) is 0.351. The molecule has 1 aromatic heterocycles. The molecule has 0 radical (unpaired) electrons. The van der Waals surface area contributed by atoms with Crippen molar-refractivity contribution < 1.29 is 22.6 Å². The number of anilines is 1. The van der Waals surface area contributed by atoms with Crippen LogP contribution in [0.3, 0.4) is 0 Å². The zero-order valence-electron chi connectivity index (χ0n) is 20.4.